The van der Waals surface area contributed by atoms with Crippen LogP contribution in [0.5, 0.6) is 0 Å². The van der Waals surface area contributed by atoms with Crippen LogP contribution in [0.25, 0.3) is 0 Å². The maximum Gasteiger partial charge on any atom is 0.0359 e. The molecule has 0 saturated carbocycles. The topological polar surface area (TPSA) is 38.0 Å². The highest BCUT2D eigenvalue weighted by atomic mass is 79.9. The first kappa shape index (κ1) is 13.1. The highest BCUT2D eigenvalue weighted by molar-refractivity contribution is 9.10. The second-order valence-corrected chi connectivity index (χ2v) is 5.27. The van der Waals surface area contributed by atoms with Crippen LogP contribution >= 0.6 is 15.9 Å². The lowest BCUT2D eigenvalue weighted by Crippen LogP contribution is -2.18. The minimum absolute atomic E-state index is 0.303. The Bertz CT molecular complexity index is 508. The number of nitrogens with one attached hydrogen (secondary N) is 1. The van der Waals surface area contributed by atoms with Crippen LogP contribution in [0.2, 0.25) is 0 Å². The summed E-state index contributed by atoms with van der Waals surface area (Å²) < 4.78 is 1.10. The van der Waals surface area contributed by atoms with Crippen LogP contribution in [0, 0.1) is 0 Å². The predicted molar refractivity (Wildman–Crippen MR) is 80.3 cm³/mol. The fourth-order valence-electron chi connectivity index (χ4n) is 1.83. The minimum atomic E-state index is 0.303. The van der Waals surface area contributed by atoms with E-state index < -0.39 is 0 Å². The molecule has 0 aliphatic heterocycles. The van der Waals surface area contributed by atoms with Crippen molar-refractivity contribution < 1.29 is 0 Å². The number of nitrogen functional groups attached to an aromatic ring is 1. The first-order valence-electron chi connectivity index (χ1n) is 5.99. The zero-order valence-corrected chi connectivity index (χ0v) is 11.9. The molecule has 0 radical (unpaired) electrons. The first-order chi connectivity index (χ1) is 8.66. The Morgan fingerprint density at radius 2 is 1.78 bits per heavy atom. The summed E-state index contributed by atoms with van der Waals surface area (Å²) in [6.45, 7) is 2.94. The van der Waals surface area contributed by atoms with Crippen LogP contribution in [-0.2, 0) is 6.54 Å². The van der Waals surface area contributed by atoms with Crippen molar-refractivity contribution in [2.45, 2.75) is 19.5 Å². The Morgan fingerprint density at radius 1 is 1.11 bits per heavy atom. The van der Waals surface area contributed by atoms with Gasteiger partial charge in [0, 0.05) is 22.7 Å². The van der Waals surface area contributed by atoms with Gasteiger partial charge in [-0.25, -0.2) is 0 Å². The Morgan fingerprint density at radius 3 is 2.44 bits per heavy atom. The zero-order valence-electron chi connectivity index (χ0n) is 10.4. The highest BCUT2D eigenvalue weighted by Gasteiger charge is 2.05. The number of para-hydroxylation sites is 1. The van der Waals surface area contributed by atoms with Gasteiger partial charge in [0.2, 0.25) is 0 Å². The molecule has 0 saturated heterocycles. The van der Waals surface area contributed by atoms with E-state index in [0.717, 1.165) is 22.3 Å². The number of nitrogens with two attached hydrogens (primary N) is 1. The maximum atomic E-state index is 5.92. The Balaban J connectivity index is 1.98. The van der Waals surface area contributed by atoms with E-state index in [1.54, 1.807) is 0 Å². The summed E-state index contributed by atoms with van der Waals surface area (Å²) in [5, 5.41) is 3.48. The lowest BCUT2D eigenvalue weighted by Gasteiger charge is -2.15. The summed E-state index contributed by atoms with van der Waals surface area (Å²) in [6.07, 6.45) is 0. The number of benzene rings is 2. The standard InChI is InChI=1S/C15H17BrN2/c1-11(12-6-8-14(16)9-7-12)18-10-13-4-2-3-5-15(13)17/h2-9,11,18H,10,17H2,1H3/t11-/m1/s1. The molecule has 18 heavy (non-hydrogen) atoms. The molecule has 0 amide bonds. The number of anilines is 1. The summed E-state index contributed by atoms with van der Waals surface area (Å²) in [6, 6.07) is 16.6. The molecule has 1 atom stereocenters. The molecule has 0 bridgehead atoms. The molecule has 2 rings (SSSR count). The van der Waals surface area contributed by atoms with Crippen LogP contribution in [0.1, 0.15) is 24.1 Å². The molecule has 2 nitrogen and oxygen atoms in total. The second-order valence-electron chi connectivity index (χ2n) is 4.35. The zero-order chi connectivity index (χ0) is 13.0. The van der Waals surface area contributed by atoms with Gasteiger partial charge in [-0.1, -0.05) is 46.3 Å². The summed E-state index contributed by atoms with van der Waals surface area (Å²) in [5.41, 5.74) is 9.17. The lowest BCUT2D eigenvalue weighted by molar-refractivity contribution is 0.575. The molecule has 3 N–H and O–H groups in total. The molecular weight excluding hydrogens is 288 g/mol. The largest absolute Gasteiger partial charge is 0.398 e. The lowest BCUT2D eigenvalue weighted by atomic mass is 10.1. The van der Waals surface area contributed by atoms with E-state index in [4.69, 9.17) is 5.73 Å². The Labute approximate surface area is 116 Å². The van der Waals surface area contributed by atoms with E-state index in [2.05, 4.69) is 58.5 Å². The number of hydrogen-bond acceptors (Lipinski definition) is 2. The fraction of sp³-hybridized carbons (Fsp3) is 0.200. The van der Waals surface area contributed by atoms with Crippen molar-refractivity contribution in [2.75, 3.05) is 5.73 Å². The summed E-state index contributed by atoms with van der Waals surface area (Å²) in [7, 11) is 0. The molecule has 0 heterocycles. The quantitative estimate of drug-likeness (QED) is 0.841. The van der Waals surface area contributed by atoms with Crippen molar-refractivity contribution in [1.82, 2.24) is 5.32 Å². The number of rotatable bonds is 4. The number of hydrogen-bond donors (Lipinski definition) is 2. The average molecular weight is 305 g/mol. The number of halogens is 1. The molecule has 3 heteroatoms. The third-order valence-electron chi connectivity index (χ3n) is 3.02. The minimum Gasteiger partial charge on any atom is -0.398 e. The third-order valence-corrected chi connectivity index (χ3v) is 3.55. The smallest absolute Gasteiger partial charge is 0.0359 e. The molecule has 0 aliphatic rings. The van der Waals surface area contributed by atoms with Crippen molar-refractivity contribution >= 4 is 21.6 Å². The van der Waals surface area contributed by atoms with Crippen molar-refractivity contribution in [1.29, 1.82) is 0 Å². The molecule has 94 valence electrons. The predicted octanol–water partition coefficient (Wildman–Crippen LogP) is 3.88. The van der Waals surface area contributed by atoms with Crippen LogP contribution in [0.4, 0.5) is 5.69 Å². The molecule has 0 fully saturated rings. The van der Waals surface area contributed by atoms with Gasteiger partial charge in [0.15, 0.2) is 0 Å². The highest BCUT2D eigenvalue weighted by Crippen LogP contribution is 2.18. The monoisotopic (exact) mass is 304 g/mol. The van der Waals surface area contributed by atoms with Crippen LogP contribution < -0.4 is 11.1 Å². The van der Waals surface area contributed by atoms with E-state index in [-0.39, 0.29) is 0 Å². The van der Waals surface area contributed by atoms with Crippen molar-refractivity contribution in [3.63, 3.8) is 0 Å². The van der Waals surface area contributed by atoms with E-state index in [9.17, 15) is 0 Å². The van der Waals surface area contributed by atoms with Gasteiger partial charge in [0.05, 0.1) is 0 Å². The van der Waals surface area contributed by atoms with Gasteiger partial charge in [-0.15, -0.1) is 0 Å². The van der Waals surface area contributed by atoms with Crippen LogP contribution in [0.3, 0.4) is 0 Å². The van der Waals surface area contributed by atoms with Crippen molar-refractivity contribution in [3.8, 4) is 0 Å². The van der Waals surface area contributed by atoms with E-state index in [0.29, 0.717) is 6.04 Å². The van der Waals surface area contributed by atoms with Gasteiger partial charge < -0.3 is 11.1 Å². The normalized spacial score (nSPS) is 12.3. The Hall–Kier alpha value is -1.32. The molecule has 0 unspecified atom stereocenters. The Kier molecular flexibility index (Phi) is 4.39. The summed E-state index contributed by atoms with van der Waals surface area (Å²) in [5.74, 6) is 0. The summed E-state index contributed by atoms with van der Waals surface area (Å²) >= 11 is 3.44. The third kappa shape index (κ3) is 3.34. The van der Waals surface area contributed by atoms with E-state index in [1.165, 1.54) is 5.56 Å². The van der Waals surface area contributed by atoms with Crippen molar-refractivity contribution in [2.24, 2.45) is 0 Å². The van der Waals surface area contributed by atoms with Crippen LogP contribution in [0.15, 0.2) is 53.0 Å². The van der Waals surface area contributed by atoms with Gasteiger partial charge in [0.25, 0.3) is 0 Å². The van der Waals surface area contributed by atoms with Crippen LogP contribution in [-0.4, -0.2) is 0 Å². The second kappa shape index (κ2) is 6.03. The van der Waals surface area contributed by atoms with Gasteiger partial charge >= 0.3 is 0 Å². The van der Waals surface area contributed by atoms with Gasteiger partial charge in [-0.2, -0.15) is 0 Å². The van der Waals surface area contributed by atoms with Crippen molar-refractivity contribution in [3.05, 3.63) is 64.1 Å². The molecule has 0 spiro atoms. The van der Waals surface area contributed by atoms with Gasteiger partial charge in [0.1, 0.15) is 0 Å². The summed E-state index contributed by atoms with van der Waals surface area (Å²) in [4.78, 5) is 0. The molecule has 2 aromatic rings. The molecule has 2 aromatic carbocycles. The van der Waals surface area contributed by atoms with E-state index >= 15 is 0 Å². The van der Waals surface area contributed by atoms with Gasteiger partial charge in [-0.05, 0) is 36.2 Å². The average Bonchev–Trinajstić information content (AvgIpc) is 2.38. The van der Waals surface area contributed by atoms with E-state index in [1.807, 2.05) is 18.2 Å². The first-order valence-corrected chi connectivity index (χ1v) is 6.78. The fourth-order valence-corrected chi connectivity index (χ4v) is 2.09. The molecular formula is C15H17BrN2. The molecule has 0 aromatic heterocycles. The van der Waals surface area contributed by atoms with Gasteiger partial charge in [-0.3, -0.25) is 0 Å². The maximum absolute atomic E-state index is 5.92. The SMILES string of the molecule is C[C@@H](NCc1ccccc1N)c1ccc(Br)cc1. The molecule has 0 aliphatic carbocycles.